The van der Waals surface area contributed by atoms with E-state index in [1.165, 1.54) is 6.92 Å². The number of carboxylic acid groups (broad SMARTS) is 1. The number of esters is 1. The number of carbonyl (C=O) groups excluding carboxylic acids is 3. The molecule has 94 valence electrons. The molecule has 2 atom stereocenters. The van der Waals surface area contributed by atoms with Gasteiger partial charge in [-0.15, -0.1) is 0 Å². The van der Waals surface area contributed by atoms with Crippen LogP contribution in [-0.2, 0) is 23.9 Å². The van der Waals surface area contributed by atoms with Crippen LogP contribution in [0.4, 0.5) is 0 Å². The van der Waals surface area contributed by atoms with E-state index in [1.54, 1.807) is 0 Å². The summed E-state index contributed by atoms with van der Waals surface area (Å²) in [5, 5.41) is 11.1. The highest BCUT2D eigenvalue weighted by Gasteiger charge is 2.45. The van der Waals surface area contributed by atoms with Crippen molar-refractivity contribution in [3.05, 3.63) is 0 Å². The van der Waals surface area contributed by atoms with E-state index in [0.717, 1.165) is 11.8 Å². The van der Waals surface area contributed by atoms with E-state index in [9.17, 15) is 19.2 Å². The van der Waals surface area contributed by atoms with Crippen molar-refractivity contribution < 1.29 is 29.0 Å². The van der Waals surface area contributed by atoms with Gasteiger partial charge in [-0.25, -0.2) is 4.79 Å². The zero-order chi connectivity index (χ0) is 13.2. The highest BCUT2D eigenvalue weighted by atomic mass is 16.6. The van der Waals surface area contributed by atoms with Gasteiger partial charge in [0.1, 0.15) is 6.04 Å². The fourth-order valence-corrected chi connectivity index (χ4v) is 1.42. The van der Waals surface area contributed by atoms with Crippen molar-refractivity contribution >= 4 is 23.8 Å². The summed E-state index contributed by atoms with van der Waals surface area (Å²) in [4.78, 5) is 44.5. The summed E-state index contributed by atoms with van der Waals surface area (Å²) in [6.07, 6.45) is -1.63. The third-order valence-corrected chi connectivity index (χ3v) is 2.11. The van der Waals surface area contributed by atoms with Gasteiger partial charge >= 0.3 is 11.9 Å². The first-order valence-electron chi connectivity index (χ1n) is 4.80. The van der Waals surface area contributed by atoms with Gasteiger partial charge in [0.05, 0.1) is 6.54 Å². The van der Waals surface area contributed by atoms with Crippen LogP contribution >= 0.6 is 0 Å². The molecule has 2 amide bonds. The standard InChI is InChI=1S/C9H12N2O6/c1-4(12)10-6-3-11(7(6)14)8(9(15)16)17-5(2)13/h6,8H,3H2,1-2H3,(H,10,12)(H,15,16)/t6-,8?/m0/s1. The fraction of sp³-hybridized carbons (Fsp3) is 0.556. The molecule has 0 aliphatic carbocycles. The second kappa shape index (κ2) is 4.81. The Morgan fingerprint density at radius 3 is 2.41 bits per heavy atom. The first kappa shape index (κ1) is 12.9. The number of likely N-dealkylation sites (tertiary alicyclic amines) is 1. The molecule has 0 bridgehead atoms. The minimum absolute atomic E-state index is 0.00264. The molecule has 1 saturated heterocycles. The molecule has 1 rings (SSSR count). The highest BCUT2D eigenvalue weighted by Crippen LogP contribution is 2.16. The molecule has 0 radical (unpaired) electrons. The molecule has 0 aromatic heterocycles. The van der Waals surface area contributed by atoms with Crippen molar-refractivity contribution in [2.45, 2.75) is 26.1 Å². The van der Waals surface area contributed by atoms with Gasteiger partial charge in [-0.05, 0) is 0 Å². The molecule has 2 N–H and O–H groups in total. The van der Waals surface area contributed by atoms with Crippen LogP contribution in [0, 0.1) is 0 Å². The van der Waals surface area contributed by atoms with Crippen molar-refractivity contribution in [2.24, 2.45) is 0 Å². The zero-order valence-electron chi connectivity index (χ0n) is 9.30. The second-order valence-electron chi connectivity index (χ2n) is 3.54. The second-order valence-corrected chi connectivity index (χ2v) is 3.54. The third-order valence-electron chi connectivity index (χ3n) is 2.11. The Bertz CT molecular complexity index is 380. The molecule has 1 fully saturated rings. The number of carbonyl (C=O) groups is 4. The maximum Gasteiger partial charge on any atom is 0.367 e. The Hall–Kier alpha value is -2.12. The first-order valence-corrected chi connectivity index (χ1v) is 4.80. The van der Waals surface area contributed by atoms with E-state index in [4.69, 9.17) is 5.11 Å². The highest BCUT2D eigenvalue weighted by molar-refractivity contribution is 5.94. The van der Waals surface area contributed by atoms with E-state index in [1.807, 2.05) is 0 Å². The van der Waals surface area contributed by atoms with E-state index < -0.39 is 30.1 Å². The van der Waals surface area contributed by atoms with Gasteiger partial charge in [0.15, 0.2) is 0 Å². The predicted molar refractivity (Wildman–Crippen MR) is 52.5 cm³/mol. The lowest BCUT2D eigenvalue weighted by molar-refractivity contribution is -0.188. The smallest absolute Gasteiger partial charge is 0.367 e. The molecule has 0 spiro atoms. The number of amides is 2. The maximum atomic E-state index is 11.5. The van der Waals surface area contributed by atoms with Gasteiger partial charge in [0.2, 0.25) is 11.8 Å². The van der Waals surface area contributed by atoms with Gasteiger partial charge in [-0.2, -0.15) is 0 Å². The van der Waals surface area contributed by atoms with Gasteiger partial charge in [0.25, 0.3) is 6.23 Å². The molecule has 17 heavy (non-hydrogen) atoms. The Kier molecular flexibility index (Phi) is 3.66. The summed E-state index contributed by atoms with van der Waals surface area (Å²) in [5.41, 5.74) is 0. The maximum absolute atomic E-state index is 11.5. The van der Waals surface area contributed by atoms with Crippen molar-refractivity contribution in [2.75, 3.05) is 6.54 Å². The molecular weight excluding hydrogens is 232 g/mol. The van der Waals surface area contributed by atoms with Crippen LogP contribution in [0.5, 0.6) is 0 Å². The van der Waals surface area contributed by atoms with Gasteiger partial charge in [0, 0.05) is 13.8 Å². The Labute approximate surface area is 96.5 Å². The Morgan fingerprint density at radius 1 is 1.47 bits per heavy atom. The first-order chi connectivity index (χ1) is 7.82. The number of hydrogen-bond donors (Lipinski definition) is 2. The monoisotopic (exact) mass is 244 g/mol. The normalized spacial score (nSPS) is 20.2. The minimum atomic E-state index is -1.63. The average molecular weight is 244 g/mol. The lowest BCUT2D eigenvalue weighted by Gasteiger charge is -2.40. The fourth-order valence-electron chi connectivity index (χ4n) is 1.42. The summed E-state index contributed by atoms with van der Waals surface area (Å²) in [6, 6.07) is -0.745. The lowest BCUT2D eigenvalue weighted by atomic mass is 10.1. The van der Waals surface area contributed by atoms with Gasteiger partial charge in [-0.1, -0.05) is 0 Å². The predicted octanol–water partition coefficient (Wildman–Crippen LogP) is -1.69. The summed E-state index contributed by atoms with van der Waals surface area (Å²) < 4.78 is 4.49. The Balaban J connectivity index is 2.62. The average Bonchev–Trinajstić information content (AvgIpc) is 2.19. The van der Waals surface area contributed by atoms with E-state index in [2.05, 4.69) is 10.1 Å². The van der Waals surface area contributed by atoms with Gasteiger partial charge in [-0.3, -0.25) is 19.3 Å². The molecular formula is C9H12N2O6. The number of nitrogens with one attached hydrogen (secondary N) is 1. The minimum Gasteiger partial charge on any atom is -0.477 e. The quantitative estimate of drug-likeness (QED) is 0.450. The molecule has 0 aromatic carbocycles. The van der Waals surface area contributed by atoms with Crippen molar-refractivity contribution in [1.29, 1.82) is 0 Å². The molecule has 1 unspecified atom stereocenters. The number of hydrogen-bond acceptors (Lipinski definition) is 5. The zero-order valence-corrected chi connectivity index (χ0v) is 9.30. The Morgan fingerprint density at radius 2 is 2.06 bits per heavy atom. The molecule has 1 heterocycles. The van der Waals surface area contributed by atoms with Crippen molar-refractivity contribution in [3.8, 4) is 0 Å². The number of nitrogens with zero attached hydrogens (tertiary/aromatic N) is 1. The topological polar surface area (TPSA) is 113 Å². The van der Waals surface area contributed by atoms with Crippen LogP contribution in [-0.4, -0.2) is 52.6 Å². The summed E-state index contributed by atoms with van der Waals surface area (Å²) in [7, 11) is 0. The van der Waals surface area contributed by atoms with Crippen LogP contribution in [0.1, 0.15) is 13.8 Å². The molecule has 0 aromatic rings. The molecule has 8 nitrogen and oxygen atoms in total. The van der Waals surface area contributed by atoms with Crippen LogP contribution < -0.4 is 5.32 Å². The SMILES string of the molecule is CC(=O)N[C@H]1CN(C(OC(C)=O)C(=O)O)C1=O. The summed E-state index contributed by atoms with van der Waals surface area (Å²) in [5.74, 6) is -3.21. The number of aliphatic carboxylic acids is 1. The van der Waals surface area contributed by atoms with Crippen LogP contribution in [0.2, 0.25) is 0 Å². The molecule has 1 aliphatic rings. The van der Waals surface area contributed by atoms with Crippen LogP contribution in [0.25, 0.3) is 0 Å². The summed E-state index contributed by atoms with van der Waals surface area (Å²) >= 11 is 0. The summed E-state index contributed by atoms with van der Waals surface area (Å²) in [6.45, 7) is 2.30. The van der Waals surface area contributed by atoms with Crippen LogP contribution in [0.15, 0.2) is 0 Å². The molecule has 1 aliphatic heterocycles. The number of β-lactam (4-membered cyclic amide) rings is 1. The number of carboxylic acids is 1. The van der Waals surface area contributed by atoms with Crippen molar-refractivity contribution in [3.63, 3.8) is 0 Å². The number of rotatable bonds is 4. The largest absolute Gasteiger partial charge is 0.477 e. The van der Waals surface area contributed by atoms with Gasteiger partial charge < -0.3 is 15.2 Å². The van der Waals surface area contributed by atoms with Crippen LogP contribution in [0.3, 0.4) is 0 Å². The lowest BCUT2D eigenvalue weighted by Crippen LogP contribution is -2.68. The van der Waals surface area contributed by atoms with Crippen molar-refractivity contribution in [1.82, 2.24) is 10.2 Å². The van der Waals surface area contributed by atoms with E-state index >= 15 is 0 Å². The molecule has 8 heteroatoms. The third kappa shape index (κ3) is 2.92. The molecule has 0 saturated carbocycles. The van der Waals surface area contributed by atoms with E-state index in [-0.39, 0.29) is 12.5 Å². The number of ether oxygens (including phenoxy) is 1. The van der Waals surface area contributed by atoms with E-state index in [0.29, 0.717) is 0 Å².